The van der Waals surface area contributed by atoms with Crippen molar-refractivity contribution in [2.24, 2.45) is 5.92 Å². The van der Waals surface area contributed by atoms with Crippen LogP contribution in [0.5, 0.6) is 0 Å². The van der Waals surface area contributed by atoms with Crippen LogP contribution in [-0.2, 0) is 5.41 Å². The molecule has 0 amide bonds. The van der Waals surface area contributed by atoms with Crippen molar-refractivity contribution in [1.29, 1.82) is 0 Å². The van der Waals surface area contributed by atoms with Gasteiger partial charge in [-0.2, -0.15) is 0 Å². The number of benzene rings is 7. The molecule has 1 N–H and O–H groups in total. The van der Waals surface area contributed by atoms with Gasteiger partial charge in [-0.25, -0.2) is 0 Å². The van der Waals surface area contributed by atoms with Gasteiger partial charge in [0.2, 0.25) is 0 Å². The lowest BCUT2D eigenvalue weighted by Gasteiger charge is -2.28. The molecule has 7 aromatic rings. The Kier molecular flexibility index (Phi) is 7.01. The third-order valence-electron chi connectivity index (χ3n) is 11.2. The molecule has 0 radical (unpaired) electrons. The van der Waals surface area contributed by atoms with E-state index in [4.69, 9.17) is 0 Å². The van der Waals surface area contributed by atoms with Crippen molar-refractivity contribution in [2.75, 3.05) is 10.2 Å². The fraction of sp³-hybridized carbons (Fsp3) is 0.125. The van der Waals surface area contributed by atoms with E-state index in [1.807, 2.05) is 11.8 Å². The third-order valence-corrected chi connectivity index (χ3v) is 12.5. The van der Waals surface area contributed by atoms with Crippen molar-refractivity contribution >= 4 is 56.1 Å². The van der Waals surface area contributed by atoms with Crippen molar-refractivity contribution in [3.05, 3.63) is 175 Å². The van der Waals surface area contributed by atoms with E-state index < -0.39 is 0 Å². The summed E-state index contributed by atoms with van der Waals surface area (Å²) in [5, 5.41) is 9.41. The zero-order valence-electron chi connectivity index (χ0n) is 28.8. The summed E-state index contributed by atoms with van der Waals surface area (Å²) in [6.07, 6.45) is 10.1. The highest BCUT2D eigenvalue weighted by molar-refractivity contribution is 8.00. The molecule has 0 bridgehead atoms. The minimum absolute atomic E-state index is 0.0833. The molecule has 0 saturated carbocycles. The van der Waals surface area contributed by atoms with Gasteiger partial charge in [0, 0.05) is 38.7 Å². The highest BCUT2D eigenvalue weighted by atomic mass is 32.2. The van der Waals surface area contributed by atoms with Gasteiger partial charge in [0.05, 0.1) is 11.1 Å². The summed E-state index contributed by atoms with van der Waals surface area (Å²) < 4.78 is 0. The summed E-state index contributed by atoms with van der Waals surface area (Å²) in [6.45, 7) is 4.72. The Hall–Kier alpha value is -5.51. The van der Waals surface area contributed by atoms with Gasteiger partial charge in [-0.1, -0.05) is 147 Å². The predicted molar refractivity (Wildman–Crippen MR) is 219 cm³/mol. The van der Waals surface area contributed by atoms with Crippen molar-refractivity contribution in [1.82, 2.24) is 0 Å². The molecule has 51 heavy (non-hydrogen) atoms. The molecule has 7 aromatic carbocycles. The van der Waals surface area contributed by atoms with Gasteiger partial charge in [-0.3, -0.25) is 0 Å². The largest absolute Gasteiger partial charge is 0.371 e. The summed E-state index contributed by atoms with van der Waals surface area (Å²) in [7, 11) is 0. The first-order valence-electron chi connectivity index (χ1n) is 18.0. The van der Waals surface area contributed by atoms with Crippen LogP contribution in [0.15, 0.2) is 169 Å². The second-order valence-corrected chi connectivity index (χ2v) is 15.7. The van der Waals surface area contributed by atoms with Gasteiger partial charge < -0.3 is 10.2 Å². The number of thioether (sulfide) groups is 1. The van der Waals surface area contributed by atoms with Crippen LogP contribution in [0.25, 0.3) is 43.8 Å². The van der Waals surface area contributed by atoms with E-state index in [0.29, 0.717) is 11.3 Å². The van der Waals surface area contributed by atoms with Crippen molar-refractivity contribution in [3.63, 3.8) is 0 Å². The lowest BCUT2D eigenvalue weighted by molar-refractivity contribution is 0.660. The number of hydrogen-bond donors (Lipinski definition) is 1. The molecule has 2 nitrogen and oxygen atoms in total. The maximum atomic E-state index is 3.95. The van der Waals surface area contributed by atoms with Crippen LogP contribution in [0.3, 0.4) is 0 Å². The van der Waals surface area contributed by atoms with E-state index in [1.54, 1.807) is 0 Å². The minimum Gasteiger partial charge on any atom is -0.371 e. The van der Waals surface area contributed by atoms with Crippen molar-refractivity contribution in [3.8, 4) is 22.3 Å². The highest BCUT2D eigenvalue weighted by Gasteiger charge is 2.36. The molecule has 3 aliphatic rings. The Balaban J connectivity index is 1.10. The summed E-state index contributed by atoms with van der Waals surface area (Å²) in [5.74, 6) is 0.482. The number of nitrogens with one attached hydrogen (secondary N) is 1. The summed E-state index contributed by atoms with van der Waals surface area (Å²) in [6, 6.07) is 51.8. The summed E-state index contributed by atoms with van der Waals surface area (Å²) >= 11 is 1.97. The van der Waals surface area contributed by atoms with Crippen LogP contribution >= 0.6 is 11.8 Å². The molecule has 10 rings (SSSR count). The van der Waals surface area contributed by atoms with Crippen LogP contribution in [0.1, 0.15) is 31.4 Å². The second-order valence-electron chi connectivity index (χ2n) is 14.6. The first-order chi connectivity index (χ1) is 25.0. The quantitative estimate of drug-likeness (QED) is 0.183. The first-order valence-corrected chi connectivity index (χ1v) is 18.9. The molecule has 3 heteroatoms. The van der Waals surface area contributed by atoms with Gasteiger partial charge in [0.15, 0.2) is 0 Å². The SMILES string of the molecule is CC1(C)c2ccccc2-c2ccc(N(c3ccc(-c4ccccc4)cc3)c3ccc4c(ccc5ccc6c(c54)NC(C4C=CC=CC4)S6)c3)cc21. The normalized spacial score (nSPS) is 18.0. The summed E-state index contributed by atoms with van der Waals surface area (Å²) in [5.41, 5.74) is 12.5. The van der Waals surface area contributed by atoms with Crippen molar-refractivity contribution in [2.45, 2.75) is 36.0 Å². The van der Waals surface area contributed by atoms with Gasteiger partial charge in [-0.05, 0) is 98.4 Å². The number of allylic oxidation sites excluding steroid dienone is 3. The monoisotopic (exact) mass is 674 g/mol. The Morgan fingerprint density at radius 3 is 2.18 bits per heavy atom. The predicted octanol–water partition coefficient (Wildman–Crippen LogP) is 13.4. The number of anilines is 4. The smallest absolute Gasteiger partial charge is 0.0836 e. The maximum Gasteiger partial charge on any atom is 0.0836 e. The first kappa shape index (κ1) is 30.3. The van der Waals surface area contributed by atoms with Crippen LogP contribution in [0.2, 0.25) is 0 Å². The van der Waals surface area contributed by atoms with Gasteiger partial charge in [0.25, 0.3) is 0 Å². The van der Waals surface area contributed by atoms with Crippen LogP contribution in [-0.4, -0.2) is 5.37 Å². The fourth-order valence-corrected chi connectivity index (χ4v) is 9.80. The van der Waals surface area contributed by atoms with Crippen molar-refractivity contribution < 1.29 is 0 Å². The van der Waals surface area contributed by atoms with E-state index in [-0.39, 0.29) is 5.41 Å². The van der Waals surface area contributed by atoms with E-state index >= 15 is 0 Å². The number of nitrogens with zero attached hydrogens (tertiary/aromatic N) is 1. The lowest BCUT2D eigenvalue weighted by Crippen LogP contribution is -2.21. The van der Waals surface area contributed by atoms with Gasteiger partial charge in [0.1, 0.15) is 0 Å². The van der Waals surface area contributed by atoms with E-state index in [2.05, 4.69) is 188 Å². The maximum absolute atomic E-state index is 3.95. The van der Waals surface area contributed by atoms with E-state index in [1.165, 1.54) is 71.2 Å². The topological polar surface area (TPSA) is 15.3 Å². The minimum atomic E-state index is -0.0833. The molecule has 1 heterocycles. The Labute approximate surface area is 304 Å². The molecular weight excluding hydrogens is 637 g/mol. The number of hydrogen-bond acceptors (Lipinski definition) is 3. The Morgan fingerprint density at radius 2 is 1.33 bits per heavy atom. The molecule has 0 saturated heterocycles. The molecule has 2 aliphatic carbocycles. The average molecular weight is 675 g/mol. The standard InChI is InChI=1S/C48H38N2S/c1-48(2)42-16-10-9-15-40(42)41-27-25-38(30-43(41)48)50(36-22-19-32(20-23-36)31-11-5-3-6-12-31)37-24-26-39-35(29-37)18-17-33-21-28-44-46(45(33)39)49-47(51-44)34-13-7-4-8-14-34/h3-13,15-30,34,47,49H,14H2,1-2H3. The Morgan fingerprint density at radius 1 is 0.627 bits per heavy atom. The summed E-state index contributed by atoms with van der Waals surface area (Å²) in [4.78, 5) is 3.77. The molecule has 2 unspecified atom stereocenters. The van der Waals surface area contributed by atoms with Crippen LogP contribution in [0, 0.1) is 5.92 Å². The molecule has 246 valence electrons. The number of fused-ring (bicyclic) bond motifs is 8. The van der Waals surface area contributed by atoms with Crippen LogP contribution < -0.4 is 10.2 Å². The zero-order chi connectivity index (χ0) is 34.1. The molecule has 0 fully saturated rings. The second kappa shape index (κ2) is 11.8. The molecule has 0 aromatic heterocycles. The van der Waals surface area contributed by atoms with Gasteiger partial charge in [-0.15, -0.1) is 0 Å². The van der Waals surface area contributed by atoms with Gasteiger partial charge >= 0.3 is 0 Å². The van der Waals surface area contributed by atoms with E-state index in [0.717, 1.165) is 17.8 Å². The lowest BCUT2D eigenvalue weighted by atomic mass is 9.82. The van der Waals surface area contributed by atoms with E-state index in [9.17, 15) is 0 Å². The number of rotatable bonds is 5. The zero-order valence-corrected chi connectivity index (χ0v) is 29.6. The molecule has 1 aliphatic heterocycles. The fourth-order valence-electron chi connectivity index (χ4n) is 8.54. The third kappa shape index (κ3) is 4.94. The van der Waals surface area contributed by atoms with Crippen LogP contribution in [0.4, 0.5) is 22.7 Å². The highest BCUT2D eigenvalue weighted by Crippen LogP contribution is 2.52. The average Bonchev–Trinajstić information content (AvgIpc) is 3.72. The Bertz CT molecular complexity index is 2540. The molecular formula is C48H38N2S. The molecule has 2 atom stereocenters. The molecule has 0 spiro atoms.